The van der Waals surface area contributed by atoms with E-state index in [0.29, 0.717) is 32.7 Å². The molecule has 1 aromatic heterocycles. The molecule has 8 nitrogen and oxygen atoms in total. The van der Waals surface area contributed by atoms with E-state index < -0.39 is 10.0 Å². The van der Waals surface area contributed by atoms with Crippen molar-refractivity contribution in [2.45, 2.75) is 56.5 Å². The lowest BCUT2D eigenvalue weighted by Gasteiger charge is -2.49. The zero-order valence-corrected chi connectivity index (χ0v) is 21.9. The smallest absolute Gasteiger partial charge is 0.262 e. The van der Waals surface area contributed by atoms with Gasteiger partial charge in [-0.1, -0.05) is 37.0 Å². The normalized spacial score (nSPS) is 19.4. The van der Waals surface area contributed by atoms with Crippen molar-refractivity contribution in [3.05, 3.63) is 47.4 Å². The van der Waals surface area contributed by atoms with E-state index in [1.54, 1.807) is 17.8 Å². The summed E-state index contributed by atoms with van der Waals surface area (Å²) in [6.07, 6.45) is 8.57. The fraction of sp³-hybridized carbons (Fsp3) is 0.583. The van der Waals surface area contributed by atoms with Gasteiger partial charge in [0.1, 0.15) is 0 Å². The molecule has 0 unspecified atom stereocenters. The second-order valence-electron chi connectivity index (χ2n) is 9.55. The van der Waals surface area contributed by atoms with Crippen molar-refractivity contribution >= 4 is 28.3 Å². The summed E-state index contributed by atoms with van der Waals surface area (Å²) in [5.74, 6) is -0.0335. The SMILES string of the molecule is Cc1ccc(C(=O)NCC2(N3CCN(S(=O)(=O)c4cn(C)cn4)CC3)CCCCC2)c(C)c1.Cl. The Kier molecular flexibility index (Phi) is 8.44. The van der Waals surface area contributed by atoms with Crippen LogP contribution in [0.25, 0.3) is 0 Å². The molecule has 2 aromatic rings. The number of amides is 1. The molecule has 0 radical (unpaired) electrons. The van der Waals surface area contributed by atoms with Crippen molar-refractivity contribution < 1.29 is 13.2 Å². The van der Waals surface area contributed by atoms with E-state index in [4.69, 9.17) is 0 Å². The quantitative estimate of drug-likeness (QED) is 0.647. The lowest BCUT2D eigenvalue weighted by atomic mass is 9.79. The summed E-state index contributed by atoms with van der Waals surface area (Å²) in [7, 11) is -1.81. The Morgan fingerprint density at radius 2 is 1.76 bits per heavy atom. The van der Waals surface area contributed by atoms with Gasteiger partial charge in [0.2, 0.25) is 0 Å². The van der Waals surface area contributed by atoms with Crippen LogP contribution in [-0.2, 0) is 17.1 Å². The number of rotatable bonds is 6. The van der Waals surface area contributed by atoms with Gasteiger partial charge in [-0.2, -0.15) is 4.31 Å². The molecule has 188 valence electrons. The van der Waals surface area contributed by atoms with E-state index in [0.717, 1.165) is 42.4 Å². The zero-order valence-electron chi connectivity index (χ0n) is 20.3. The minimum atomic E-state index is -3.58. The van der Waals surface area contributed by atoms with Crippen LogP contribution in [0.5, 0.6) is 0 Å². The highest BCUT2D eigenvalue weighted by Crippen LogP contribution is 2.34. The maximum absolute atomic E-state index is 13.0. The van der Waals surface area contributed by atoms with Crippen molar-refractivity contribution in [2.24, 2.45) is 7.05 Å². The summed E-state index contributed by atoms with van der Waals surface area (Å²) < 4.78 is 29.1. The van der Waals surface area contributed by atoms with Crippen molar-refractivity contribution in [2.75, 3.05) is 32.7 Å². The second-order valence-corrected chi connectivity index (χ2v) is 11.4. The molecule has 1 amide bonds. The van der Waals surface area contributed by atoms with Gasteiger partial charge in [0.05, 0.1) is 6.33 Å². The molecule has 34 heavy (non-hydrogen) atoms. The largest absolute Gasteiger partial charge is 0.350 e. The van der Waals surface area contributed by atoms with Crippen molar-refractivity contribution in [3.63, 3.8) is 0 Å². The van der Waals surface area contributed by atoms with Gasteiger partial charge in [0.15, 0.2) is 5.03 Å². The van der Waals surface area contributed by atoms with Crippen LogP contribution in [0.1, 0.15) is 53.6 Å². The maximum Gasteiger partial charge on any atom is 0.262 e. The van der Waals surface area contributed by atoms with Crippen LogP contribution in [0, 0.1) is 13.8 Å². The summed E-state index contributed by atoms with van der Waals surface area (Å²) in [5.41, 5.74) is 2.73. The number of imidazole rings is 1. The third-order valence-electron chi connectivity index (χ3n) is 7.18. The highest BCUT2D eigenvalue weighted by atomic mass is 35.5. The van der Waals surface area contributed by atoms with Crippen molar-refractivity contribution in [1.29, 1.82) is 0 Å². The van der Waals surface area contributed by atoms with Crippen LogP contribution in [0.2, 0.25) is 0 Å². The summed E-state index contributed by atoms with van der Waals surface area (Å²) in [5, 5.41) is 3.32. The van der Waals surface area contributed by atoms with Crippen molar-refractivity contribution in [1.82, 2.24) is 24.1 Å². The number of piperazine rings is 1. The highest BCUT2D eigenvalue weighted by molar-refractivity contribution is 7.89. The zero-order chi connectivity index (χ0) is 23.6. The van der Waals surface area contributed by atoms with Crippen LogP contribution in [0.15, 0.2) is 35.7 Å². The predicted molar refractivity (Wildman–Crippen MR) is 135 cm³/mol. The lowest BCUT2D eigenvalue weighted by molar-refractivity contribution is 0.0239. The number of nitrogens with zero attached hydrogens (tertiary/aromatic N) is 4. The van der Waals surface area contributed by atoms with Crippen molar-refractivity contribution in [3.8, 4) is 0 Å². The first kappa shape index (κ1) is 26.7. The molecule has 1 saturated carbocycles. The molecule has 0 bridgehead atoms. The summed E-state index contributed by atoms with van der Waals surface area (Å²) in [6, 6.07) is 5.90. The minimum Gasteiger partial charge on any atom is -0.350 e. The van der Waals surface area contributed by atoms with Crippen LogP contribution in [0.4, 0.5) is 0 Å². The molecule has 2 heterocycles. The summed E-state index contributed by atoms with van der Waals surface area (Å²) >= 11 is 0. The molecule has 1 saturated heterocycles. The first-order valence-corrected chi connectivity index (χ1v) is 13.2. The molecule has 1 N–H and O–H groups in total. The number of aromatic nitrogens is 2. The number of hydrogen-bond acceptors (Lipinski definition) is 5. The van der Waals surface area contributed by atoms with Crippen LogP contribution in [-0.4, -0.2) is 71.3 Å². The molecule has 1 aromatic carbocycles. The fourth-order valence-corrected chi connectivity index (χ4v) is 6.67. The molecule has 0 atom stereocenters. The van der Waals surface area contributed by atoms with E-state index in [2.05, 4.69) is 15.2 Å². The second kappa shape index (κ2) is 10.8. The molecule has 2 aliphatic rings. The Morgan fingerprint density at radius 3 is 2.35 bits per heavy atom. The molecule has 1 aliphatic carbocycles. The monoisotopic (exact) mass is 509 g/mol. The Bertz CT molecular complexity index is 1100. The number of carbonyl (C=O) groups excluding carboxylic acids is 1. The standard InChI is InChI=1S/C24H35N5O3S.ClH/c1-19-7-8-21(20(2)15-19)23(30)25-17-24(9-5-4-6-10-24)28-11-13-29(14-12-28)33(31,32)22-16-27(3)18-26-22;/h7-8,15-16,18H,4-6,9-14,17H2,1-3H3,(H,25,30);1H. The molecule has 4 rings (SSSR count). The van der Waals surface area contributed by atoms with Gasteiger partial charge in [0.25, 0.3) is 15.9 Å². The predicted octanol–water partition coefficient (Wildman–Crippen LogP) is 2.90. The Hall–Kier alpha value is -1.94. The van der Waals surface area contributed by atoms with Gasteiger partial charge >= 0.3 is 0 Å². The van der Waals surface area contributed by atoms with Gasteiger partial charge in [0, 0.05) is 57.1 Å². The lowest BCUT2D eigenvalue weighted by Crippen LogP contribution is -2.62. The topological polar surface area (TPSA) is 87.5 Å². The average Bonchev–Trinajstić information content (AvgIpc) is 3.25. The number of halogens is 1. The van der Waals surface area contributed by atoms with Crippen LogP contribution in [0.3, 0.4) is 0 Å². The molecule has 1 aliphatic heterocycles. The fourth-order valence-electron chi connectivity index (χ4n) is 5.28. The molecule has 0 spiro atoms. The Labute approximate surface area is 209 Å². The number of nitrogens with one attached hydrogen (secondary N) is 1. The molecular weight excluding hydrogens is 474 g/mol. The van der Waals surface area contributed by atoms with E-state index in [-0.39, 0.29) is 28.9 Å². The van der Waals surface area contributed by atoms with Gasteiger partial charge in [-0.25, -0.2) is 13.4 Å². The van der Waals surface area contributed by atoms with Gasteiger partial charge < -0.3 is 9.88 Å². The first-order valence-electron chi connectivity index (χ1n) is 11.8. The summed E-state index contributed by atoms with van der Waals surface area (Å²) in [6.45, 7) is 6.78. The number of sulfonamides is 1. The first-order chi connectivity index (χ1) is 15.7. The number of carbonyl (C=O) groups is 1. The number of aryl methyl sites for hydroxylation is 3. The Balaban J connectivity index is 0.00000324. The van der Waals surface area contributed by atoms with E-state index in [9.17, 15) is 13.2 Å². The third-order valence-corrected chi connectivity index (χ3v) is 8.97. The van der Waals surface area contributed by atoms with Gasteiger partial charge in [-0.05, 0) is 38.3 Å². The highest BCUT2D eigenvalue weighted by Gasteiger charge is 2.41. The third kappa shape index (κ3) is 5.48. The average molecular weight is 510 g/mol. The van der Waals surface area contributed by atoms with E-state index >= 15 is 0 Å². The van der Waals surface area contributed by atoms with Crippen LogP contribution < -0.4 is 5.32 Å². The molecule has 10 heteroatoms. The number of benzene rings is 1. The minimum absolute atomic E-state index is 0. The van der Waals surface area contributed by atoms with Crippen LogP contribution >= 0.6 is 12.4 Å². The number of hydrogen-bond donors (Lipinski definition) is 1. The molecule has 2 fully saturated rings. The molecular formula is C24H36ClN5O3S. The van der Waals surface area contributed by atoms with Gasteiger partial charge in [-0.3, -0.25) is 9.69 Å². The summed E-state index contributed by atoms with van der Waals surface area (Å²) in [4.78, 5) is 19.4. The Morgan fingerprint density at radius 1 is 1.09 bits per heavy atom. The maximum atomic E-state index is 13.0. The van der Waals surface area contributed by atoms with Gasteiger partial charge in [-0.15, -0.1) is 12.4 Å². The van der Waals surface area contributed by atoms with E-state index in [1.807, 2.05) is 32.0 Å². The van der Waals surface area contributed by atoms with E-state index in [1.165, 1.54) is 17.1 Å².